The van der Waals surface area contributed by atoms with Crippen molar-refractivity contribution in [1.82, 2.24) is 5.32 Å². The molecule has 2 amide bonds. The third-order valence-corrected chi connectivity index (χ3v) is 6.25. The fourth-order valence-corrected chi connectivity index (χ4v) is 4.03. The van der Waals surface area contributed by atoms with E-state index in [1.54, 1.807) is 60.7 Å². The predicted molar refractivity (Wildman–Crippen MR) is 155 cm³/mol. The summed E-state index contributed by atoms with van der Waals surface area (Å²) in [5.74, 6) is -1.50. The average Bonchev–Trinajstić information content (AvgIpc) is 2.95. The number of carbonyl (C=O) groups excluding carboxylic acids is 3. The molecule has 0 bridgehead atoms. The molecule has 216 valence electrons. The minimum absolute atomic E-state index is 0.0271. The van der Waals surface area contributed by atoms with Crippen molar-refractivity contribution in [3.05, 3.63) is 89.5 Å². The van der Waals surface area contributed by atoms with Crippen LogP contribution in [0.5, 0.6) is 11.5 Å². The molecule has 3 aromatic carbocycles. The van der Waals surface area contributed by atoms with Crippen molar-refractivity contribution in [2.45, 2.75) is 58.4 Å². The highest BCUT2D eigenvalue weighted by Crippen LogP contribution is 2.18. The Balaban J connectivity index is 1.50. The van der Waals surface area contributed by atoms with Gasteiger partial charge in [0.25, 0.3) is 5.91 Å². The molecule has 0 unspecified atom stereocenters. The van der Waals surface area contributed by atoms with Crippen molar-refractivity contribution < 1.29 is 33.8 Å². The minimum Gasteiger partial charge on any atom is -0.494 e. The first-order valence-electron chi connectivity index (χ1n) is 13.7. The molecule has 9 nitrogen and oxygen atoms in total. The zero-order chi connectivity index (χ0) is 29.6. The third kappa shape index (κ3) is 10.4. The quantitative estimate of drug-likeness (QED) is 0.125. The average molecular weight is 561 g/mol. The Morgan fingerprint density at radius 1 is 0.780 bits per heavy atom. The van der Waals surface area contributed by atoms with Gasteiger partial charge in [0.1, 0.15) is 17.5 Å². The highest BCUT2D eigenvalue weighted by Gasteiger charge is 2.21. The summed E-state index contributed by atoms with van der Waals surface area (Å²) >= 11 is 0. The largest absolute Gasteiger partial charge is 0.494 e. The van der Waals surface area contributed by atoms with Gasteiger partial charge >= 0.3 is 11.9 Å². The van der Waals surface area contributed by atoms with E-state index in [0.717, 1.165) is 12.8 Å². The van der Waals surface area contributed by atoms with E-state index in [4.69, 9.17) is 9.47 Å². The minimum atomic E-state index is -1.19. The molecule has 0 radical (unpaired) electrons. The van der Waals surface area contributed by atoms with Crippen molar-refractivity contribution in [3.63, 3.8) is 0 Å². The van der Waals surface area contributed by atoms with E-state index in [1.807, 2.05) is 0 Å². The maximum Gasteiger partial charge on any atom is 0.343 e. The predicted octanol–water partition coefficient (Wildman–Crippen LogP) is 5.64. The van der Waals surface area contributed by atoms with E-state index in [0.29, 0.717) is 34.9 Å². The fourth-order valence-electron chi connectivity index (χ4n) is 4.03. The fraction of sp³-hybridized carbons (Fsp3) is 0.312. The zero-order valence-electron chi connectivity index (χ0n) is 23.4. The standard InChI is InChI=1S/C32H36N2O7/c1-3-4-5-6-7-20-40-27-18-12-25(13-19-27)32(39)41-28-16-8-23(9-17-28)21-29(31(37)38)34-30(36)24-10-14-26(15-11-24)33-22(2)35/h8-19,29H,3-7,20-21H2,1-2H3,(H,33,35)(H,34,36)(H,37,38)/t29-/m0/s1. The van der Waals surface area contributed by atoms with Crippen molar-refractivity contribution in [3.8, 4) is 11.5 Å². The van der Waals surface area contributed by atoms with Gasteiger partial charge in [-0.05, 0) is 72.6 Å². The van der Waals surface area contributed by atoms with Crippen molar-refractivity contribution in [1.29, 1.82) is 0 Å². The van der Waals surface area contributed by atoms with Crippen LogP contribution in [0.3, 0.4) is 0 Å². The molecule has 0 aliphatic rings. The molecule has 0 saturated carbocycles. The van der Waals surface area contributed by atoms with Crippen LogP contribution < -0.4 is 20.1 Å². The maximum atomic E-state index is 12.6. The molecule has 0 aromatic heterocycles. The molecule has 3 aromatic rings. The van der Waals surface area contributed by atoms with Gasteiger partial charge in [0, 0.05) is 24.6 Å². The number of carbonyl (C=O) groups is 4. The van der Waals surface area contributed by atoms with Crippen molar-refractivity contribution in [2.75, 3.05) is 11.9 Å². The lowest BCUT2D eigenvalue weighted by molar-refractivity contribution is -0.139. The molecule has 3 rings (SSSR count). The number of hydrogen-bond donors (Lipinski definition) is 3. The van der Waals surface area contributed by atoms with E-state index < -0.39 is 23.9 Å². The van der Waals surface area contributed by atoms with Crippen molar-refractivity contribution >= 4 is 29.4 Å². The van der Waals surface area contributed by atoms with Crippen LogP contribution in [0, 0.1) is 0 Å². The molecule has 3 N–H and O–H groups in total. The number of hydrogen-bond acceptors (Lipinski definition) is 6. The number of esters is 1. The summed E-state index contributed by atoms with van der Waals surface area (Å²) in [5, 5.41) is 14.8. The summed E-state index contributed by atoms with van der Waals surface area (Å²) < 4.78 is 11.2. The van der Waals surface area contributed by atoms with Crippen LogP contribution in [0.15, 0.2) is 72.8 Å². The Hall–Kier alpha value is -4.66. The van der Waals surface area contributed by atoms with Crippen LogP contribution in [0.2, 0.25) is 0 Å². The number of ether oxygens (including phenoxy) is 2. The lowest BCUT2D eigenvalue weighted by Crippen LogP contribution is -2.42. The van der Waals surface area contributed by atoms with Crippen LogP contribution in [0.1, 0.15) is 72.2 Å². The summed E-state index contributed by atoms with van der Waals surface area (Å²) in [6, 6.07) is 18.2. The first-order chi connectivity index (χ1) is 19.7. The number of aliphatic carboxylic acids is 1. The number of rotatable bonds is 15. The SMILES string of the molecule is CCCCCCCOc1ccc(C(=O)Oc2ccc(C[C@H](NC(=O)c3ccc(NC(C)=O)cc3)C(=O)O)cc2)cc1. The highest BCUT2D eigenvalue weighted by molar-refractivity contribution is 5.97. The molecule has 41 heavy (non-hydrogen) atoms. The molecule has 0 fully saturated rings. The van der Waals surface area contributed by atoms with Gasteiger partial charge in [0.05, 0.1) is 12.2 Å². The maximum absolute atomic E-state index is 12.6. The van der Waals surface area contributed by atoms with E-state index in [2.05, 4.69) is 17.6 Å². The summed E-state index contributed by atoms with van der Waals surface area (Å²) in [7, 11) is 0. The van der Waals surface area contributed by atoms with Gasteiger partial charge in [-0.3, -0.25) is 9.59 Å². The van der Waals surface area contributed by atoms with Gasteiger partial charge in [0.15, 0.2) is 0 Å². The second-order valence-corrected chi connectivity index (χ2v) is 9.65. The summed E-state index contributed by atoms with van der Waals surface area (Å²) in [5.41, 5.74) is 1.80. The highest BCUT2D eigenvalue weighted by atomic mass is 16.5. The first kappa shape index (κ1) is 30.9. The number of unbranched alkanes of at least 4 members (excludes halogenated alkanes) is 4. The second kappa shape index (κ2) is 15.8. The van der Waals surface area contributed by atoms with E-state index in [1.165, 1.54) is 38.3 Å². The van der Waals surface area contributed by atoms with E-state index >= 15 is 0 Å². The van der Waals surface area contributed by atoms with E-state index in [-0.39, 0.29) is 17.9 Å². The topological polar surface area (TPSA) is 131 Å². The summed E-state index contributed by atoms with van der Waals surface area (Å²) in [6.07, 6.45) is 5.81. The third-order valence-electron chi connectivity index (χ3n) is 6.25. The molecule has 0 saturated heterocycles. The molecular formula is C32H36N2O7. The van der Waals surface area contributed by atoms with Crippen LogP contribution >= 0.6 is 0 Å². The Kier molecular flexibility index (Phi) is 11.9. The molecule has 0 aliphatic heterocycles. The normalized spacial score (nSPS) is 11.3. The second-order valence-electron chi connectivity index (χ2n) is 9.65. The summed E-state index contributed by atoms with van der Waals surface area (Å²) in [6.45, 7) is 4.19. The monoisotopic (exact) mass is 560 g/mol. The molecule has 0 heterocycles. The van der Waals surface area contributed by atoms with E-state index in [9.17, 15) is 24.3 Å². The van der Waals surface area contributed by atoms with Gasteiger partial charge in [-0.2, -0.15) is 0 Å². The molecule has 9 heteroatoms. The van der Waals surface area contributed by atoms with Crippen molar-refractivity contribution in [2.24, 2.45) is 0 Å². The molecule has 0 aliphatic carbocycles. The zero-order valence-corrected chi connectivity index (χ0v) is 23.4. The Bertz CT molecular complexity index is 1300. The van der Waals surface area contributed by atoms with Gasteiger partial charge in [-0.15, -0.1) is 0 Å². The molecule has 1 atom stereocenters. The number of nitrogens with one attached hydrogen (secondary N) is 2. The Morgan fingerprint density at radius 2 is 1.39 bits per heavy atom. The van der Waals surface area contributed by atoms with Gasteiger partial charge in [-0.1, -0.05) is 44.7 Å². The lowest BCUT2D eigenvalue weighted by Gasteiger charge is -2.15. The smallest absolute Gasteiger partial charge is 0.343 e. The lowest BCUT2D eigenvalue weighted by atomic mass is 10.0. The molecule has 0 spiro atoms. The van der Waals surface area contributed by atoms with Gasteiger partial charge in [0.2, 0.25) is 5.91 Å². The van der Waals surface area contributed by atoms with Crippen LogP contribution in [0.25, 0.3) is 0 Å². The number of carboxylic acid groups (broad SMARTS) is 1. The first-order valence-corrected chi connectivity index (χ1v) is 13.7. The van der Waals surface area contributed by atoms with Gasteiger partial charge in [-0.25, -0.2) is 9.59 Å². The number of benzene rings is 3. The van der Waals surface area contributed by atoms with Crippen LogP contribution in [-0.4, -0.2) is 41.5 Å². The number of carboxylic acids is 1. The molecular weight excluding hydrogens is 524 g/mol. The van der Waals surface area contributed by atoms with Gasteiger partial charge < -0.3 is 25.2 Å². The number of anilines is 1. The summed E-state index contributed by atoms with van der Waals surface area (Å²) in [4.78, 5) is 48.1. The Morgan fingerprint density at radius 3 is 2.00 bits per heavy atom. The number of amides is 2. The Labute approximate surface area is 239 Å². The van der Waals surface area contributed by atoms with Crippen LogP contribution in [-0.2, 0) is 16.0 Å². The van der Waals surface area contributed by atoms with Crippen LogP contribution in [0.4, 0.5) is 5.69 Å².